The van der Waals surface area contributed by atoms with Gasteiger partial charge in [-0.25, -0.2) is 9.98 Å². The number of nitrogens with zero attached hydrogens (tertiary/aromatic N) is 4. The van der Waals surface area contributed by atoms with E-state index in [1.54, 1.807) is 0 Å². The molecule has 0 unspecified atom stereocenters. The van der Waals surface area contributed by atoms with Gasteiger partial charge in [0.25, 0.3) is 0 Å². The van der Waals surface area contributed by atoms with Crippen LogP contribution in [0.5, 0.6) is 0 Å². The van der Waals surface area contributed by atoms with Gasteiger partial charge in [0.2, 0.25) is 0 Å². The third-order valence-corrected chi connectivity index (χ3v) is 4.31. The zero-order valence-electron chi connectivity index (χ0n) is 13.7. The van der Waals surface area contributed by atoms with E-state index in [9.17, 15) is 0 Å². The molecule has 1 aromatic rings. The van der Waals surface area contributed by atoms with Gasteiger partial charge in [-0.3, -0.25) is 0 Å². The fourth-order valence-corrected chi connectivity index (χ4v) is 2.68. The molecule has 3 N–H and O–H groups in total. The van der Waals surface area contributed by atoms with Gasteiger partial charge >= 0.3 is 0 Å². The monoisotopic (exact) mass is 430 g/mol. The largest absolute Gasteiger partial charge is 0.370 e. The molecule has 1 aromatic heterocycles. The van der Waals surface area contributed by atoms with E-state index in [0.717, 1.165) is 44.1 Å². The fourth-order valence-electron chi connectivity index (χ4n) is 2.68. The van der Waals surface area contributed by atoms with Gasteiger partial charge in [-0.1, -0.05) is 6.92 Å². The number of nitrogens with two attached hydrogens (primary N) is 1. The number of nitrogens with one attached hydrogen (secondary N) is 1. The minimum atomic E-state index is 0. The predicted molar refractivity (Wildman–Crippen MR) is 105 cm³/mol. The highest BCUT2D eigenvalue weighted by Gasteiger charge is 2.21. The summed E-state index contributed by atoms with van der Waals surface area (Å²) in [5, 5.41) is 3.21. The van der Waals surface area contributed by atoms with Crippen molar-refractivity contribution in [2.24, 2.45) is 10.7 Å². The summed E-state index contributed by atoms with van der Waals surface area (Å²) in [6.07, 6.45) is 4.29. The average molecular weight is 430 g/mol. The number of aliphatic imine (C=N–C) groups is 1. The van der Waals surface area contributed by atoms with E-state index < -0.39 is 0 Å². The fraction of sp³-hybridized carbons (Fsp3) is 0.625. The summed E-state index contributed by atoms with van der Waals surface area (Å²) in [5.74, 6) is 1.61. The maximum atomic E-state index is 5.88. The summed E-state index contributed by atoms with van der Waals surface area (Å²) in [6, 6.07) is 4.70. The molecule has 0 radical (unpaired) electrons. The quantitative estimate of drug-likeness (QED) is 0.420. The standard InChI is InChI=1S/C16H26N6.HI/c1-2-21-7-9-22(10-8-21)15-11-13(5-6-18-15)12-19-16(17)20-14-3-4-14;/h5-6,11,14H,2-4,7-10,12H2,1H3,(H3,17,19,20);1H. The summed E-state index contributed by atoms with van der Waals surface area (Å²) in [4.78, 5) is 13.7. The second kappa shape index (κ2) is 8.68. The Balaban J connectivity index is 0.00000192. The summed E-state index contributed by atoms with van der Waals surface area (Å²) in [5.41, 5.74) is 7.04. The molecule has 0 atom stereocenters. The Kier molecular flexibility index (Phi) is 6.88. The molecule has 1 aliphatic heterocycles. The highest BCUT2D eigenvalue weighted by atomic mass is 127. The molecular weight excluding hydrogens is 403 g/mol. The summed E-state index contributed by atoms with van der Waals surface area (Å²) >= 11 is 0. The first-order valence-corrected chi connectivity index (χ1v) is 8.23. The predicted octanol–water partition coefficient (Wildman–Crippen LogP) is 1.41. The Hall–Kier alpha value is -1.09. The van der Waals surface area contributed by atoms with Crippen LogP contribution in [-0.4, -0.2) is 54.6 Å². The Morgan fingerprint density at radius 2 is 2.09 bits per heavy atom. The summed E-state index contributed by atoms with van der Waals surface area (Å²) in [7, 11) is 0. The molecule has 2 heterocycles. The first kappa shape index (κ1) is 18.3. The topological polar surface area (TPSA) is 69.8 Å². The van der Waals surface area contributed by atoms with Crippen LogP contribution in [0.4, 0.5) is 5.82 Å². The van der Waals surface area contributed by atoms with E-state index in [1.807, 2.05) is 12.3 Å². The molecule has 1 saturated heterocycles. The third kappa shape index (κ3) is 5.49. The van der Waals surface area contributed by atoms with E-state index in [0.29, 0.717) is 18.5 Å². The van der Waals surface area contributed by atoms with Crippen LogP contribution in [0.15, 0.2) is 23.3 Å². The average Bonchev–Trinajstić information content (AvgIpc) is 3.37. The molecule has 7 heteroatoms. The van der Waals surface area contributed by atoms with Gasteiger partial charge < -0.3 is 20.9 Å². The minimum absolute atomic E-state index is 0. The highest BCUT2D eigenvalue weighted by Crippen LogP contribution is 2.18. The molecule has 2 aliphatic rings. The van der Waals surface area contributed by atoms with Crippen LogP contribution in [0, 0.1) is 0 Å². The smallest absolute Gasteiger partial charge is 0.189 e. The van der Waals surface area contributed by atoms with Crippen molar-refractivity contribution in [2.75, 3.05) is 37.6 Å². The Morgan fingerprint density at radius 3 is 2.74 bits per heavy atom. The Morgan fingerprint density at radius 1 is 1.35 bits per heavy atom. The molecule has 23 heavy (non-hydrogen) atoms. The van der Waals surface area contributed by atoms with Crippen LogP contribution in [0.3, 0.4) is 0 Å². The van der Waals surface area contributed by atoms with Gasteiger partial charge in [-0.15, -0.1) is 24.0 Å². The van der Waals surface area contributed by atoms with Crippen molar-refractivity contribution < 1.29 is 0 Å². The molecular formula is C16H27IN6. The minimum Gasteiger partial charge on any atom is -0.370 e. The number of aromatic nitrogens is 1. The summed E-state index contributed by atoms with van der Waals surface area (Å²) < 4.78 is 0. The van der Waals surface area contributed by atoms with Crippen LogP contribution in [0.2, 0.25) is 0 Å². The number of piperazine rings is 1. The molecule has 128 valence electrons. The normalized spacial score (nSPS) is 19.3. The number of pyridine rings is 1. The van der Waals surface area contributed by atoms with Gasteiger partial charge in [0.05, 0.1) is 6.54 Å². The number of guanidine groups is 1. The third-order valence-electron chi connectivity index (χ3n) is 4.31. The number of anilines is 1. The van der Waals surface area contributed by atoms with Gasteiger partial charge in [0, 0.05) is 38.4 Å². The molecule has 1 saturated carbocycles. The maximum Gasteiger partial charge on any atom is 0.189 e. The highest BCUT2D eigenvalue weighted by molar-refractivity contribution is 14.0. The van der Waals surface area contributed by atoms with Crippen molar-refractivity contribution in [3.8, 4) is 0 Å². The van der Waals surface area contributed by atoms with Crippen LogP contribution in [0.25, 0.3) is 0 Å². The number of hydrogen-bond acceptors (Lipinski definition) is 4. The van der Waals surface area contributed by atoms with Gasteiger partial charge in [0.1, 0.15) is 5.82 Å². The first-order valence-electron chi connectivity index (χ1n) is 8.23. The number of likely N-dealkylation sites (N-methyl/N-ethyl adjacent to an activating group) is 1. The molecule has 0 bridgehead atoms. The van der Waals surface area contributed by atoms with Crippen molar-refractivity contribution >= 4 is 35.8 Å². The number of halogens is 1. The van der Waals surface area contributed by atoms with E-state index in [4.69, 9.17) is 5.73 Å². The number of rotatable bonds is 5. The van der Waals surface area contributed by atoms with E-state index >= 15 is 0 Å². The number of hydrogen-bond donors (Lipinski definition) is 2. The lowest BCUT2D eigenvalue weighted by molar-refractivity contribution is 0.270. The summed E-state index contributed by atoms with van der Waals surface area (Å²) in [6.45, 7) is 8.25. The van der Waals surface area contributed by atoms with Crippen molar-refractivity contribution in [1.29, 1.82) is 0 Å². The lowest BCUT2D eigenvalue weighted by Gasteiger charge is -2.34. The van der Waals surface area contributed by atoms with Crippen molar-refractivity contribution in [1.82, 2.24) is 15.2 Å². The molecule has 0 spiro atoms. The molecule has 0 amide bonds. The van der Waals surface area contributed by atoms with Gasteiger partial charge in [-0.05, 0) is 37.1 Å². The second-order valence-corrected chi connectivity index (χ2v) is 6.06. The van der Waals surface area contributed by atoms with E-state index in [-0.39, 0.29) is 24.0 Å². The van der Waals surface area contributed by atoms with Crippen LogP contribution < -0.4 is 16.0 Å². The van der Waals surface area contributed by atoms with Crippen LogP contribution in [-0.2, 0) is 6.54 Å². The second-order valence-electron chi connectivity index (χ2n) is 6.06. The SMILES string of the molecule is CCN1CCN(c2cc(CN=C(N)NC3CC3)ccn2)CC1.I. The molecule has 0 aromatic carbocycles. The van der Waals surface area contributed by atoms with Crippen LogP contribution in [0.1, 0.15) is 25.3 Å². The molecule has 6 nitrogen and oxygen atoms in total. The molecule has 1 aliphatic carbocycles. The Labute approximate surface area is 155 Å². The van der Waals surface area contributed by atoms with Gasteiger partial charge in [-0.2, -0.15) is 0 Å². The van der Waals surface area contributed by atoms with E-state index in [2.05, 4.69) is 38.1 Å². The van der Waals surface area contributed by atoms with Gasteiger partial charge in [0.15, 0.2) is 5.96 Å². The van der Waals surface area contributed by atoms with Crippen LogP contribution >= 0.6 is 24.0 Å². The van der Waals surface area contributed by atoms with Crippen molar-refractivity contribution in [3.05, 3.63) is 23.9 Å². The molecule has 2 fully saturated rings. The lowest BCUT2D eigenvalue weighted by atomic mass is 10.2. The Bertz CT molecular complexity index is 523. The van der Waals surface area contributed by atoms with Crippen molar-refractivity contribution in [2.45, 2.75) is 32.4 Å². The first-order chi connectivity index (χ1) is 10.7. The van der Waals surface area contributed by atoms with E-state index in [1.165, 1.54) is 12.8 Å². The van der Waals surface area contributed by atoms with Crippen molar-refractivity contribution in [3.63, 3.8) is 0 Å². The zero-order chi connectivity index (χ0) is 15.4. The zero-order valence-corrected chi connectivity index (χ0v) is 16.1. The maximum absolute atomic E-state index is 5.88. The molecule has 3 rings (SSSR count). The lowest BCUT2D eigenvalue weighted by Crippen LogP contribution is -2.46.